The Morgan fingerprint density at radius 3 is 2.82 bits per heavy atom. The number of hydrogen-bond donors (Lipinski definition) is 0. The molecule has 0 aliphatic carbocycles. The van der Waals surface area contributed by atoms with Crippen LogP contribution in [0.1, 0.15) is 17.7 Å². The molecule has 0 spiro atoms. The van der Waals surface area contributed by atoms with E-state index in [2.05, 4.69) is 11.9 Å². The summed E-state index contributed by atoms with van der Waals surface area (Å²) >= 11 is 0. The molecule has 2 nitrogen and oxygen atoms in total. The highest BCUT2D eigenvalue weighted by atomic mass is 14.7. The summed E-state index contributed by atoms with van der Waals surface area (Å²) < 4.78 is 0. The van der Waals surface area contributed by atoms with Crippen molar-refractivity contribution in [3.63, 3.8) is 0 Å². The van der Waals surface area contributed by atoms with Crippen LogP contribution in [-0.4, -0.2) is 4.98 Å². The third-order valence-corrected chi connectivity index (χ3v) is 1.39. The van der Waals surface area contributed by atoms with Crippen LogP contribution in [0.15, 0.2) is 18.3 Å². The van der Waals surface area contributed by atoms with E-state index in [0.29, 0.717) is 5.56 Å². The van der Waals surface area contributed by atoms with Crippen LogP contribution in [0.25, 0.3) is 0 Å². The van der Waals surface area contributed by atoms with Crippen LogP contribution in [0.2, 0.25) is 0 Å². The molecule has 0 aromatic carbocycles. The number of aryl methyl sites for hydroxylation is 1. The predicted octanol–water partition coefficient (Wildman–Crippen LogP) is 1.72. The summed E-state index contributed by atoms with van der Waals surface area (Å²) in [6.45, 7) is 3.72. The Morgan fingerprint density at radius 1 is 1.55 bits per heavy atom. The summed E-state index contributed by atoms with van der Waals surface area (Å²) in [4.78, 5) is 4.08. The van der Waals surface area contributed by atoms with Crippen LogP contribution in [0.4, 0.5) is 0 Å². The second kappa shape index (κ2) is 3.72. The molecule has 0 bridgehead atoms. The molecule has 1 rings (SSSR count). The molecule has 1 heterocycles. The number of pyridine rings is 1. The molecule has 0 unspecified atom stereocenters. The van der Waals surface area contributed by atoms with Crippen LogP contribution in [0, 0.1) is 18.3 Å². The molecule has 0 aliphatic heterocycles. The summed E-state index contributed by atoms with van der Waals surface area (Å²) in [6, 6.07) is 5.66. The Labute approximate surface area is 66.5 Å². The van der Waals surface area contributed by atoms with Gasteiger partial charge in [0.25, 0.3) is 0 Å². The summed E-state index contributed by atoms with van der Waals surface area (Å²) in [7, 11) is 0. The van der Waals surface area contributed by atoms with Gasteiger partial charge in [0.05, 0.1) is 5.56 Å². The maximum atomic E-state index is 8.46. The highest BCUT2D eigenvalue weighted by Crippen LogP contribution is 2.00. The van der Waals surface area contributed by atoms with Gasteiger partial charge in [-0.1, -0.05) is 6.92 Å². The van der Waals surface area contributed by atoms with E-state index in [0.717, 1.165) is 18.5 Å². The number of rotatable bonds is 2. The van der Waals surface area contributed by atoms with Gasteiger partial charge >= 0.3 is 0 Å². The first kappa shape index (κ1) is 7.74. The lowest BCUT2D eigenvalue weighted by Gasteiger charge is -1.94. The van der Waals surface area contributed by atoms with Crippen molar-refractivity contribution in [1.29, 1.82) is 5.26 Å². The zero-order valence-corrected chi connectivity index (χ0v) is 6.25. The van der Waals surface area contributed by atoms with Crippen molar-refractivity contribution in [2.24, 2.45) is 0 Å². The first-order valence-electron chi connectivity index (χ1n) is 3.51. The molecule has 1 radical (unpaired) electrons. The minimum atomic E-state index is 0.609. The summed E-state index contributed by atoms with van der Waals surface area (Å²) in [6.07, 6.45) is 3.32. The summed E-state index contributed by atoms with van der Waals surface area (Å²) in [5.41, 5.74) is 1.61. The third-order valence-electron chi connectivity index (χ3n) is 1.39. The third kappa shape index (κ3) is 2.05. The molecule has 0 saturated carbocycles. The first-order chi connectivity index (χ1) is 5.36. The fourth-order valence-electron chi connectivity index (χ4n) is 0.820. The molecule has 11 heavy (non-hydrogen) atoms. The highest BCUT2D eigenvalue weighted by Gasteiger charge is 1.92. The van der Waals surface area contributed by atoms with E-state index in [-0.39, 0.29) is 0 Å². The fraction of sp³-hybridized carbons (Fsp3) is 0.222. The van der Waals surface area contributed by atoms with Gasteiger partial charge in [-0.3, -0.25) is 4.98 Å². The van der Waals surface area contributed by atoms with Gasteiger partial charge < -0.3 is 0 Å². The molecule has 0 atom stereocenters. The largest absolute Gasteiger partial charge is 0.260 e. The molecule has 0 saturated heterocycles. The zero-order chi connectivity index (χ0) is 8.10. The van der Waals surface area contributed by atoms with Crippen molar-refractivity contribution < 1.29 is 0 Å². The van der Waals surface area contributed by atoms with E-state index in [4.69, 9.17) is 5.26 Å². The highest BCUT2D eigenvalue weighted by molar-refractivity contribution is 5.26. The quantitative estimate of drug-likeness (QED) is 0.635. The lowest BCUT2D eigenvalue weighted by atomic mass is 10.2. The molecule has 2 heteroatoms. The van der Waals surface area contributed by atoms with E-state index in [1.54, 1.807) is 12.3 Å². The van der Waals surface area contributed by atoms with Crippen LogP contribution in [0.5, 0.6) is 0 Å². The SMILES string of the molecule is [CH2]CCc1ccc(C#N)cn1. The van der Waals surface area contributed by atoms with Crippen LogP contribution >= 0.6 is 0 Å². The number of nitriles is 1. The predicted molar refractivity (Wildman–Crippen MR) is 42.6 cm³/mol. The Kier molecular flexibility index (Phi) is 2.62. The minimum Gasteiger partial charge on any atom is -0.260 e. The maximum Gasteiger partial charge on any atom is 0.101 e. The van der Waals surface area contributed by atoms with Crippen molar-refractivity contribution in [3.05, 3.63) is 36.5 Å². The van der Waals surface area contributed by atoms with Gasteiger partial charge in [0.15, 0.2) is 0 Å². The second-order valence-corrected chi connectivity index (χ2v) is 2.25. The minimum absolute atomic E-state index is 0.609. The van der Waals surface area contributed by atoms with E-state index in [1.807, 2.05) is 12.1 Å². The maximum absolute atomic E-state index is 8.46. The standard InChI is InChI=1S/C9H9N2/c1-2-3-9-5-4-8(6-10)7-11-9/h4-5,7H,1-3H2. The average Bonchev–Trinajstić information content (AvgIpc) is 2.07. The fourth-order valence-corrected chi connectivity index (χ4v) is 0.820. The molecule has 1 aromatic rings. The van der Waals surface area contributed by atoms with E-state index in [9.17, 15) is 0 Å². The van der Waals surface area contributed by atoms with Crippen molar-refractivity contribution in [2.75, 3.05) is 0 Å². The van der Waals surface area contributed by atoms with E-state index >= 15 is 0 Å². The average molecular weight is 145 g/mol. The van der Waals surface area contributed by atoms with E-state index in [1.165, 1.54) is 0 Å². The Balaban J connectivity index is 2.76. The molecular formula is C9H9N2. The number of aromatic nitrogens is 1. The summed E-state index contributed by atoms with van der Waals surface area (Å²) in [5, 5.41) is 8.46. The van der Waals surface area contributed by atoms with Crippen molar-refractivity contribution >= 4 is 0 Å². The Bertz CT molecular complexity index is 256. The van der Waals surface area contributed by atoms with Crippen molar-refractivity contribution in [2.45, 2.75) is 12.8 Å². The van der Waals surface area contributed by atoms with Crippen LogP contribution < -0.4 is 0 Å². The molecule has 55 valence electrons. The normalized spacial score (nSPS) is 9.09. The van der Waals surface area contributed by atoms with Crippen LogP contribution in [-0.2, 0) is 6.42 Å². The summed E-state index contributed by atoms with van der Waals surface area (Å²) in [5.74, 6) is 0. The molecule has 0 amide bonds. The van der Waals surface area contributed by atoms with E-state index < -0.39 is 0 Å². The van der Waals surface area contributed by atoms with Gasteiger partial charge in [0.2, 0.25) is 0 Å². The lowest BCUT2D eigenvalue weighted by Crippen LogP contribution is -1.88. The van der Waals surface area contributed by atoms with Crippen LogP contribution in [0.3, 0.4) is 0 Å². The molecule has 0 fully saturated rings. The first-order valence-corrected chi connectivity index (χ1v) is 3.51. The van der Waals surface area contributed by atoms with Gasteiger partial charge in [-0.05, 0) is 25.0 Å². The van der Waals surface area contributed by atoms with Crippen molar-refractivity contribution in [3.8, 4) is 6.07 Å². The molecular weight excluding hydrogens is 136 g/mol. The Morgan fingerprint density at radius 2 is 2.36 bits per heavy atom. The van der Waals surface area contributed by atoms with Gasteiger partial charge in [-0.25, -0.2) is 0 Å². The monoisotopic (exact) mass is 145 g/mol. The Hall–Kier alpha value is -1.36. The van der Waals surface area contributed by atoms with Gasteiger partial charge in [0, 0.05) is 11.9 Å². The lowest BCUT2D eigenvalue weighted by molar-refractivity contribution is 0.940. The second-order valence-electron chi connectivity index (χ2n) is 2.25. The van der Waals surface area contributed by atoms with Gasteiger partial charge in [0.1, 0.15) is 6.07 Å². The topological polar surface area (TPSA) is 36.7 Å². The smallest absolute Gasteiger partial charge is 0.101 e. The number of hydrogen-bond acceptors (Lipinski definition) is 2. The molecule has 1 aromatic heterocycles. The van der Waals surface area contributed by atoms with Gasteiger partial charge in [-0.2, -0.15) is 5.26 Å². The number of nitrogens with zero attached hydrogens (tertiary/aromatic N) is 2. The zero-order valence-electron chi connectivity index (χ0n) is 6.25. The van der Waals surface area contributed by atoms with Crippen molar-refractivity contribution in [1.82, 2.24) is 4.98 Å². The molecule has 0 N–H and O–H groups in total. The molecule has 0 aliphatic rings. The van der Waals surface area contributed by atoms with Gasteiger partial charge in [-0.15, -0.1) is 0 Å².